The van der Waals surface area contributed by atoms with Gasteiger partial charge in [-0.05, 0) is 30.7 Å². The van der Waals surface area contributed by atoms with Crippen LogP contribution in [0.15, 0.2) is 24.5 Å². The van der Waals surface area contributed by atoms with Gasteiger partial charge in [0.05, 0.1) is 19.8 Å². The summed E-state index contributed by atoms with van der Waals surface area (Å²) in [6.45, 7) is 2.93. The van der Waals surface area contributed by atoms with Crippen molar-refractivity contribution in [1.82, 2.24) is 10.3 Å². The summed E-state index contributed by atoms with van der Waals surface area (Å²) in [6.07, 6.45) is 4.61. The molecule has 0 aliphatic carbocycles. The normalized spacial score (nSPS) is 10.5. The molecule has 15 heavy (non-hydrogen) atoms. The number of aliphatic hydroxyl groups is 1. The van der Waals surface area contributed by atoms with E-state index in [9.17, 15) is 0 Å². The van der Waals surface area contributed by atoms with Crippen LogP contribution in [0, 0.1) is 0 Å². The lowest BCUT2D eigenvalue weighted by Gasteiger charge is -2.05. The smallest absolute Gasteiger partial charge is 0.0698 e. The summed E-state index contributed by atoms with van der Waals surface area (Å²) < 4.78 is 5.11. The Morgan fingerprint density at radius 2 is 2.00 bits per heavy atom. The maximum absolute atomic E-state index is 8.47. The van der Waals surface area contributed by atoms with Crippen molar-refractivity contribution in [2.75, 3.05) is 32.9 Å². The molecule has 4 heteroatoms. The van der Waals surface area contributed by atoms with E-state index in [2.05, 4.69) is 10.3 Å². The lowest BCUT2D eigenvalue weighted by molar-refractivity contribution is 0.0940. The predicted molar refractivity (Wildman–Crippen MR) is 58.7 cm³/mol. The molecule has 0 spiro atoms. The quantitative estimate of drug-likeness (QED) is 0.603. The molecule has 4 nitrogen and oxygen atoms in total. The Morgan fingerprint density at radius 3 is 2.73 bits per heavy atom. The molecule has 1 rings (SSSR count). The molecule has 0 aliphatic rings. The fraction of sp³-hybridized carbons (Fsp3) is 0.545. The molecule has 0 unspecified atom stereocenters. The molecule has 0 fully saturated rings. The summed E-state index contributed by atoms with van der Waals surface area (Å²) in [4.78, 5) is 3.96. The van der Waals surface area contributed by atoms with Gasteiger partial charge in [-0.3, -0.25) is 4.98 Å². The lowest BCUT2D eigenvalue weighted by atomic mass is 10.2. The molecule has 0 saturated carbocycles. The molecular weight excluding hydrogens is 192 g/mol. The van der Waals surface area contributed by atoms with Crippen LogP contribution in [0.2, 0.25) is 0 Å². The molecule has 0 bridgehead atoms. The summed E-state index contributed by atoms with van der Waals surface area (Å²) in [7, 11) is 0. The van der Waals surface area contributed by atoms with Crippen LogP contribution < -0.4 is 5.32 Å². The number of hydrogen-bond donors (Lipinski definition) is 2. The topological polar surface area (TPSA) is 54.4 Å². The van der Waals surface area contributed by atoms with Crippen LogP contribution in [0.25, 0.3) is 0 Å². The van der Waals surface area contributed by atoms with E-state index in [1.54, 1.807) is 12.4 Å². The summed E-state index contributed by atoms with van der Waals surface area (Å²) in [5, 5.41) is 11.7. The molecule has 0 atom stereocenters. The van der Waals surface area contributed by atoms with Crippen LogP contribution >= 0.6 is 0 Å². The molecule has 0 aliphatic heterocycles. The van der Waals surface area contributed by atoms with Crippen LogP contribution in [-0.4, -0.2) is 43.0 Å². The summed E-state index contributed by atoms with van der Waals surface area (Å²) >= 11 is 0. The van der Waals surface area contributed by atoms with Crippen molar-refractivity contribution in [1.29, 1.82) is 0 Å². The first-order valence-electron chi connectivity index (χ1n) is 5.21. The van der Waals surface area contributed by atoms with Crippen LogP contribution in [0.1, 0.15) is 5.56 Å². The fourth-order valence-electron chi connectivity index (χ4n) is 1.22. The Kier molecular flexibility index (Phi) is 6.73. The van der Waals surface area contributed by atoms with E-state index in [1.165, 1.54) is 5.56 Å². The number of hydrogen-bond acceptors (Lipinski definition) is 4. The molecule has 1 heterocycles. The highest BCUT2D eigenvalue weighted by atomic mass is 16.5. The zero-order valence-corrected chi connectivity index (χ0v) is 8.85. The van der Waals surface area contributed by atoms with Crippen LogP contribution in [0.5, 0.6) is 0 Å². The molecule has 84 valence electrons. The molecule has 0 radical (unpaired) electrons. The second-order valence-corrected chi connectivity index (χ2v) is 3.19. The van der Waals surface area contributed by atoms with Crippen LogP contribution in [-0.2, 0) is 11.2 Å². The van der Waals surface area contributed by atoms with E-state index >= 15 is 0 Å². The Bertz CT molecular complexity index is 242. The largest absolute Gasteiger partial charge is 0.394 e. The van der Waals surface area contributed by atoms with Crippen LogP contribution in [0.4, 0.5) is 0 Å². The van der Waals surface area contributed by atoms with Gasteiger partial charge in [-0.2, -0.15) is 0 Å². The predicted octanol–water partition coefficient (Wildman–Crippen LogP) is 0.223. The van der Waals surface area contributed by atoms with Gasteiger partial charge >= 0.3 is 0 Å². The second-order valence-electron chi connectivity index (χ2n) is 3.19. The van der Waals surface area contributed by atoms with E-state index in [-0.39, 0.29) is 6.61 Å². The van der Waals surface area contributed by atoms with Gasteiger partial charge in [0.15, 0.2) is 0 Å². The summed E-state index contributed by atoms with van der Waals surface area (Å²) in [6, 6.07) is 4.04. The first-order chi connectivity index (χ1) is 7.43. The Hall–Kier alpha value is -0.970. The average molecular weight is 210 g/mol. The Morgan fingerprint density at radius 1 is 1.20 bits per heavy atom. The van der Waals surface area contributed by atoms with Crippen molar-refractivity contribution in [3.8, 4) is 0 Å². The molecule has 1 aromatic rings. The van der Waals surface area contributed by atoms with Gasteiger partial charge in [-0.25, -0.2) is 0 Å². The van der Waals surface area contributed by atoms with Gasteiger partial charge in [0.1, 0.15) is 0 Å². The Balaban J connectivity index is 1.93. The third-order valence-electron chi connectivity index (χ3n) is 2.00. The molecule has 2 N–H and O–H groups in total. The fourth-order valence-corrected chi connectivity index (χ4v) is 1.22. The number of nitrogens with zero attached hydrogens (tertiary/aromatic N) is 1. The van der Waals surface area contributed by atoms with E-state index < -0.39 is 0 Å². The lowest BCUT2D eigenvalue weighted by Crippen LogP contribution is -2.22. The Labute approximate surface area is 90.3 Å². The van der Waals surface area contributed by atoms with Crippen molar-refractivity contribution in [2.45, 2.75) is 6.42 Å². The van der Waals surface area contributed by atoms with E-state index in [1.807, 2.05) is 12.1 Å². The van der Waals surface area contributed by atoms with Gasteiger partial charge in [-0.1, -0.05) is 0 Å². The third-order valence-corrected chi connectivity index (χ3v) is 2.00. The number of aliphatic hydroxyl groups excluding tert-OH is 1. The van der Waals surface area contributed by atoms with Gasteiger partial charge < -0.3 is 15.2 Å². The van der Waals surface area contributed by atoms with Crippen molar-refractivity contribution in [2.24, 2.45) is 0 Å². The summed E-state index contributed by atoms with van der Waals surface area (Å²) in [5.41, 5.74) is 1.29. The number of ether oxygens (including phenoxy) is 1. The number of aromatic nitrogens is 1. The SMILES string of the molecule is OCCOCCNCCc1ccncc1. The zero-order chi connectivity index (χ0) is 10.8. The first-order valence-corrected chi connectivity index (χ1v) is 5.21. The number of nitrogens with one attached hydrogen (secondary N) is 1. The molecule has 0 saturated heterocycles. The number of pyridine rings is 1. The molecule has 0 amide bonds. The zero-order valence-electron chi connectivity index (χ0n) is 8.85. The third kappa shape index (κ3) is 6.17. The molecular formula is C11H18N2O2. The standard InChI is InChI=1S/C11H18N2O2/c14-8-10-15-9-7-13-6-3-11-1-4-12-5-2-11/h1-2,4-5,13-14H,3,6-10H2. The van der Waals surface area contributed by atoms with Gasteiger partial charge in [0.25, 0.3) is 0 Å². The van der Waals surface area contributed by atoms with Crippen molar-refractivity contribution in [3.63, 3.8) is 0 Å². The van der Waals surface area contributed by atoms with E-state index in [4.69, 9.17) is 9.84 Å². The van der Waals surface area contributed by atoms with Crippen molar-refractivity contribution >= 4 is 0 Å². The minimum atomic E-state index is 0.0943. The highest BCUT2D eigenvalue weighted by molar-refractivity contribution is 5.09. The van der Waals surface area contributed by atoms with Crippen molar-refractivity contribution < 1.29 is 9.84 Å². The minimum Gasteiger partial charge on any atom is -0.394 e. The first kappa shape index (κ1) is 12.1. The van der Waals surface area contributed by atoms with Crippen LogP contribution in [0.3, 0.4) is 0 Å². The monoisotopic (exact) mass is 210 g/mol. The maximum atomic E-state index is 8.47. The average Bonchev–Trinajstić information content (AvgIpc) is 2.29. The minimum absolute atomic E-state index is 0.0943. The molecule has 0 aromatic carbocycles. The summed E-state index contributed by atoms with van der Waals surface area (Å²) in [5.74, 6) is 0. The van der Waals surface area contributed by atoms with E-state index in [0.29, 0.717) is 13.2 Å². The van der Waals surface area contributed by atoms with Crippen molar-refractivity contribution in [3.05, 3.63) is 30.1 Å². The second kappa shape index (κ2) is 8.35. The van der Waals surface area contributed by atoms with Gasteiger partial charge in [0.2, 0.25) is 0 Å². The van der Waals surface area contributed by atoms with Gasteiger partial charge in [0, 0.05) is 18.9 Å². The molecule has 1 aromatic heterocycles. The van der Waals surface area contributed by atoms with E-state index in [0.717, 1.165) is 19.5 Å². The maximum Gasteiger partial charge on any atom is 0.0698 e. The number of rotatable bonds is 8. The van der Waals surface area contributed by atoms with Gasteiger partial charge in [-0.15, -0.1) is 0 Å². The highest BCUT2D eigenvalue weighted by Crippen LogP contribution is 1.95. The highest BCUT2D eigenvalue weighted by Gasteiger charge is 1.91.